The van der Waals surface area contributed by atoms with Crippen LogP contribution in [0.5, 0.6) is 0 Å². The van der Waals surface area contributed by atoms with Crippen LogP contribution in [0.25, 0.3) is 11.2 Å². The van der Waals surface area contributed by atoms with Crippen molar-refractivity contribution in [1.29, 1.82) is 0 Å². The summed E-state index contributed by atoms with van der Waals surface area (Å²) in [5, 5.41) is 0.774. The van der Waals surface area contributed by atoms with Gasteiger partial charge < -0.3 is 9.47 Å². The molecule has 10 heteroatoms. The Balaban J connectivity index is 1.73. The maximum absolute atomic E-state index is 14.4. The Morgan fingerprint density at radius 1 is 1.09 bits per heavy atom. The first-order valence-electron chi connectivity index (χ1n) is 10.4. The van der Waals surface area contributed by atoms with Crippen molar-refractivity contribution < 1.29 is 4.39 Å². The average Bonchev–Trinajstić information content (AvgIpc) is 3.16. The second kappa shape index (κ2) is 8.04. The number of imidazole rings is 1. The lowest BCUT2D eigenvalue weighted by Crippen LogP contribution is -2.40. The summed E-state index contributed by atoms with van der Waals surface area (Å²) in [5.74, 6) is 0.199. The van der Waals surface area contributed by atoms with E-state index in [0.29, 0.717) is 29.6 Å². The van der Waals surface area contributed by atoms with Gasteiger partial charge in [0, 0.05) is 41.4 Å². The maximum Gasteiger partial charge on any atom is 0.332 e. The number of benzene rings is 2. The highest BCUT2D eigenvalue weighted by molar-refractivity contribution is 6.31. The average molecular weight is 488 g/mol. The maximum atomic E-state index is 14.4. The molecule has 5 rings (SSSR count). The van der Waals surface area contributed by atoms with Crippen LogP contribution in [0.15, 0.2) is 52.1 Å². The SMILES string of the molecule is CC1CN(c2ccc(Cl)cc2)c2nc3c(c(=O)n(Cc4c(F)cccc4Cl)c(=O)n3C)n2C1. The van der Waals surface area contributed by atoms with E-state index in [9.17, 15) is 14.0 Å². The van der Waals surface area contributed by atoms with Crippen LogP contribution in [-0.2, 0) is 20.1 Å². The van der Waals surface area contributed by atoms with Crippen molar-refractivity contribution in [2.24, 2.45) is 13.0 Å². The van der Waals surface area contributed by atoms with Crippen LogP contribution in [0.1, 0.15) is 12.5 Å². The summed E-state index contributed by atoms with van der Waals surface area (Å²) >= 11 is 12.2. The van der Waals surface area contributed by atoms with Crippen molar-refractivity contribution >= 4 is 46.0 Å². The van der Waals surface area contributed by atoms with Crippen LogP contribution in [-0.4, -0.2) is 25.2 Å². The van der Waals surface area contributed by atoms with Crippen molar-refractivity contribution in [3.63, 3.8) is 0 Å². The first kappa shape index (κ1) is 21.7. The highest BCUT2D eigenvalue weighted by Gasteiger charge is 2.30. The van der Waals surface area contributed by atoms with E-state index in [0.717, 1.165) is 10.3 Å². The number of hydrogen-bond donors (Lipinski definition) is 0. The normalized spacial score (nSPS) is 15.8. The summed E-state index contributed by atoms with van der Waals surface area (Å²) in [4.78, 5) is 33.3. The molecule has 1 aliphatic heterocycles. The van der Waals surface area contributed by atoms with Crippen molar-refractivity contribution in [2.45, 2.75) is 20.0 Å². The lowest BCUT2D eigenvalue weighted by Gasteiger charge is -2.33. The molecule has 170 valence electrons. The zero-order chi connectivity index (χ0) is 23.4. The van der Waals surface area contributed by atoms with Gasteiger partial charge in [-0.3, -0.25) is 13.9 Å². The zero-order valence-electron chi connectivity index (χ0n) is 17.9. The number of fused-ring (bicyclic) bond motifs is 3. The molecule has 3 heterocycles. The highest BCUT2D eigenvalue weighted by atomic mass is 35.5. The van der Waals surface area contributed by atoms with Crippen molar-refractivity contribution in [3.05, 3.63) is 84.7 Å². The molecule has 0 saturated carbocycles. The lowest BCUT2D eigenvalue weighted by molar-refractivity contribution is 0.458. The van der Waals surface area contributed by atoms with Gasteiger partial charge in [0.15, 0.2) is 11.2 Å². The first-order chi connectivity index (χ1) is 15.8. The van der Waals surface area contributed by atoms with Crippen LogP contribution in [0.2, 0.25) is 10.0 Å². The highest BCUT2D eigenvalue weighted by Crippen LogP contribution is 2.33. The monoisotopic (exact) mass is 487 g/mol. The second-order valence-electron chi connectivity index (χ2n) is 8.32. The van der Waals surface area contributed by atoms with Gasteiger partial charge in [-0.15, -0.1) is 0 Å². The van der Waals surface area contributed by atoms with Crippen LogP contribution in [0.3, 0.4) is 0 Å². The molecule has 7 nitrogen and oxygen atoms in total. The molecule has 33 heavy (non-hydrogen) atoms. The topological polar surface area (TPSA) is 65.1 Å². The number of hydrogen-bond acceptors (Lipinski definition) is 4. The molecule has 2 aromatic carbocycles. The second-order valence-corrected chi connectivity index (χ2v) is 9.16. The van der Waals surface area contributed by atoms with Gasteiger partial charge in [-0.25, -0.2) is 9.18 Å². The third-order valence-electron chi connectivity index (χ3n) is 5.96. The molecule has 0 saturated heterocycles. The summed E-state index contributed by atoms with van der Waals surface area (Å²) in [6.07, 6.45) is 0. The molecule has 1 aliphatic rings. The van der Waals surface area contributed by atoms with Crippen LogP contribution in [0, 0.1) is 11.7 Å². The van der Waals surface area contributed by atoms with E-state index in [1.807, 2.05) is 21.6 Å². The predicted molar refractivity (Wildman–Crippen MR) is 127 cm³/mol. The fraction of sp³-hybridized carbons (Fsp3) is 0.261. The van der Waals surface area contributed by atoms with Gasteiger partial charge in [0.25, 0.3) is 5.56 Å². The molecular weight excluding hydrogens is 468 g/mol. The lowest BCUT2D eigenvalue weighted by atomic mass is 10.1. The van der Waals surface area contributed by atoms with Gasteiger partial charge in [0.2, 0.25) is 5.95 Å². The molecular formula is C23H20Cl2FN5O2. The molecule has 0 N–H and O–H groups in total. The predicted octanol–water partition coefficient (Wildman–Crippen LogP) is 4.18. The van der Waals surface area contributed by atoms with Gasteiger partial charge in [-0.1, -0.05) is 36.2 Å². The molecule has 0 amide bonds. The van der Waals surface area contributed by atoms with Gasteiger partial charge in [-0.05, 0) is 42.3 Å². The Morgan fingerprint density at radius 3 is 2.52 bits per heavy atom. The molecule has 1 unspecified atom stereocenters. The molecule has 0 aliphatic carbocycles. The number of rotatable bonds is 3. The van der Waals surface area contributed by atoms with Crippen molar-refractivity contribution in [1.82, 2.24) is 18.7 Å². The van der Waals surface area contributed by atoms with Gasteiger partial charge >= 0.3 is 5.69 Å². The molecule has 2 aromatic heterocycles. The van der Waals surface area contributed by atoms with Gasteiger partial charge in [0.05, 0.1) is 6.54 Å². The van der Waals surface area contributed by atoms with E-state index in [-0.39, 0.29) is 28.7 Å². The smallest absolute Gasteiger partial charge is 0.312 e. The van der Waals surface area contributed by atoms with E-state index in [1.165, 1.54) is 22.8 Å². The van der Waals surface area contributed by atoms with E-state index in [2.05, 4.69) is 11.9 Å². The molecule has 0 radical (unpaired) electrons. The largest absolute Gasteiger partial charge is 0.332 e. The summed E-state index contributed by atoms with van der Waals surface area (Å²) in [6, 6.07) is 11.6. The van der Waals surface area contributed by atoms with E-state index in [1.54, 1.807) is 19.2 Å². The van der Waals surface area contributed by atoms with Crippen LogP contribution < -0.4 is 16.1 Å². The van der Waals surface area contributed by atoms with Crippen LogP contribution >= 0.6 is 23.2 Å². The van der Waals surface area contributed by atoms with Gasteiger partial charge in [-0.2, -0.15) is 4.98 Å². The number of halogens is 3. The molecule has 0 bridgehead atoms. The van der Waals surface area contributed by atoms with Crippen molar-refractivity contribution in [3.8, 4) is 0 Å². The fourth-order valence-corrected chi connectivity index (χ4v) is 4.67. The zero-order valence-corrected chi connectivity index (χ0v) is 19.4. The van der Waals surface area contributed by atoms with E-state index in [4.69, 9.17) is 23.2 Å². The standard InChI is InChI=1S/C23H20Cl2FN5O2/c1-13-10-29(15-8-6-14(24)7-9-15)22-27-20-19(30(22)11-13)21(32)31(23(33)28(20)2)12-16-17(25)4-3-5-18(16)26/h3-9,13H,10-12H2,1-2H3. The summed E-state index contributed by atoms with van der Waals surface area (Å²) in [7, 11) is 1.55. The number of aromatic nitrogens is 4. The summed E-state index contributed by atoms with van der Waals surface area (Å²) < 4.78 is 18.6. The third kappa shape index (κ3) is 3.54. The fourth-order valence-electron chi connectivity index (χ4n) is 4.32. The minimum atomic E-state index is -0.589. The molecule has 0 spiro atoms. The van der Waals surface area contributed by atoms with E-state index >= 15 is 0 Å². The minimum absolute atomic E-state index is 0.0901. The van der Waals surface area contributed by atoms with Crippen LogP contribution in [0.4, 0.5) is 16.0 Å². The Morgan fingerprint density at radius 2 is 1.82 bits per heavy atom. The third-order valence-corrected chi connectivity index (χ3v) is 6.56. The Labute approximate surface area is 198 Å². The number of nitrogens with zero attached hydrogens (tertiary/aromatic N) is 5. The number of anilines is 2. The Kier molecular flexibility index (Phi) is 5.29. The molecule has 1 atom stereocenters. The molecule has 0 fully saturated rings. The summed E-state index contributed by atoms with van der Waals surface area (Å²) in [6.45, 7) is 3.06. The van der Waals surface area contributed by atoms with Gasteiger partial charge in [0.1, 0.15) is 5.82 Å². The van der Waals surface area contributed by atoms with Crippen molar-refractivity contribution in [2.75, 3.05) is 11.4 Å². The first-order valence-corrected chi connectivity index (χ1v) is 11.2. The molecule has 4 aromatic rings. The quantitative estimate of drug-likeness (QED) is 0.434. The Bertz CT molecular complexity index is 1490. The summed E-state index contributed by atoms with van der Waals surface area (Å²) in [5.41, 5.74) is 0.428. The van der Waals surface area contributed by atoms with E-state index < -0.39 is 17.1 Å². The Hall–Kier alpha value is -3.10. The minimum Gasteiger partial charge on any atom is -0.312 e. The number of aryl methyl sites for hydroxylation is 1.